The van der Waals surface area contributed by atoms with E-state index in [2.05, 4.69) is 41.5 Å². The molecule has 3 aromatic heterocycles. The molecule has 0 amide bonds. The zero-order valence-electron chi connectivity index (χ0n) is 14.9. The molecule has 2 aliphatic rings. The number of halogens is 1. The molecule has 10 nitrogen and oxygen atoms in total. The molecule has 11 heteroatoms. The van der Waals surface area contributed by atoms with Crippen molar-refractivity contribution < 1.29 is 9.13 Å². The first-order valence-electron chi connectivity index (χ1n) is 9.10. The number of rotatable bonds is 4. The standard InChI is InChI=1S/C17H18FN9O/c18-12-8-28-2-1-13(12)23-17-24-16-15(26-6-10(3-19)7-26)14(11-4-21-22-5-11)20-9-27(16)25-17/h4-5,9-10,12-13H,1-2,6-8H2,(H,21,22)(H,23,25)/t12-,13+/m1/s1. The van der Waals surface area contributed by atoms with Crippen LogP contribution >= 0.6 is 0 Å². The Labute approximate surface area is 159 Å². The summed E-state index contributed by atoms with van der Waals surface area (Å²) in [5.41, 5.74) is 2.93. The molecule has 0 radical (unpaired) electrons. The number of nitriles is 1. The van der Waals surface area contributed by atoms with Crippen molar-refractivity contribution in [3.8, 4) is 17.3 Å². The van der Waals surface area contributed by atoms with Crippen molar-refractivity contribution in [1.29, 1.82) is 5.26 Å². The highest BCUT2D eigenvalue weighted by molar-refractivity contribution is 5.85. The third-order valence-electron chi connectivity index (χ3n) is 5.12. The summed E-state index contributed by atoms with van der Waals surface area (Å²) in [5, 5.41) is 23.4. The molecule has 0 saturated carbocycles. The maximum atomic E-state index is 14.1. The Morgan fingerprint density at radius 1 is 1.39 bits per heavy atom. The predicted molar refractivity (Wildman–Crippen MR) is 97.4 cm³/mol. The number of aromatic amines is 1. The van der Waals surface area contributed by atoms with Crippen LogP contribution in [-0.4, -0.2) is 68.3 Å². The van der Waals surface area contributed by atoms with Gasteiger partial charge in [-0.25, -0.2) is 9.37 Å². The highest BCUT2D eigenvalue weighted by atomic mass is 19.1. The Morgan fingerprint density at radius 3 is 3.04 bits per heavy atom. The van der Waals surface area contributed by atoms with E-state index in [9.17, 15) is 4.39 Å². The number of aromatic nitrogens is 6. The second-order valence-electron chi connectivity index (χ2n) is 6.99. The molecule has 0 unspecified atom stereocenters. The Bertz CT molecular complexity index is 1020. The molecule has 2 saturated heterocycles. The summed E-state index contributed by atoms with van der Waals surface area (Å²) in [5.74, 6) is 0.326. The average molecular weight is 383 g/mol. The average Bonchev–Trinajstić information content (AvgIpc) is 3.32. The van der Waals surface area contributed by atoms with Gasteiger partial charge in [-0.2, -0.15) is 19.9 Å². The van der Waals surface area contributed by atoms with Crippen LogP contribution in [0.25, 0.3) is 16.9 Å². The number of alkyl halides is 1. The fourth-order valence-electron chi connectivity index (χ4n) is 3.56. The van der Waals surface area contributed by atoms with Gasteiger partial charge in [0.25, 0.3) is 0 Å². The fraction of sp³-hybridized carbons (Fsp3) is 0.471. The summed E-state index contributed by atoms with van der Waals surface area (Å²) in [4.78, 5) is 11.2. The smallest absolute Gasteiger partial charge is 0.243 e. The van der Waals surface area contributed by atoms with Crippen molar-refractivity contribution in [2.24, 2.45) is 5.92 Å². The molecular weight excluding hydrogens is 365 g/mol. The van der Waals surface area contributed by atoms with Crippen LogP contribution in [0.5, 0.6) is 0 Å². The fourth-order valence-corrected chi connectivity index (χ4v) is 3.56. The summed E-state index contributed by atoms with van der Waals surface area (Å²) >= 11 is 0. The van der Waals surface area contributed by atoms with Crippen LogP contribution < -0.4 is 10.2 Å². The molecule has 3 aromatic rings. The molecule has 0 spiro atoms. The van der Waals surface area contributed by atoms with Gasteiger partial charge in [0.05, 0.1) is 30.8 Å². The number of ether oxygens (including phenoxy) is 1. The van der Waals surface area contributed by atoms with E-state index in [1.807, 2.05) is 0 Å². The summed E-state index contributed by atoms with van der Waals surface area (Å²) in [6, 6.07) is 1.89. The van der Waals surface area contributed by atoms with Gasteiger partial charge in [-0.3, -0.25) is 5.10 Å². The van der Waals surface area contributed by atoms with Crippen LogP contribution in [0.15, 0.2) is 18.7 Å². The van der Waals surface area contributed by atoms with E-state index in [1.54, 1.807) is 23.2 Å². The quantitative estimate of drug-likeness (QED) is 0.685. The normalized spacial score (nSPS) is 22.8. The third-order valence-corrected chi connectivity index (χ3v) is 5.12. The van der Waals surface area contributed by atoms with Gasteiger partial charge in [-0.15, -0.1) is 5.10 Å². The van der Waals surface area contributed by atoms with E-state index >= 15 is 0 Å². The molecule has 5 rings (SSSR count). The van der Waals surface area contributed by atoms with Gasteiger partial charge < -0.3 is 15.0 Å². The van der Waals surface area contributed by atoms with E-state index in [-0.39, 0.29) is 18.6 Å². The first-order valence-corrected chi connectivity index (χ1v) is 9.10. The molecular formula is C17H18FN9O. The van der Waals surface area contributed by atoms with Crippen LogP contribution in [0, 0.1) is 17.2 Å². The SMILES string of the molecule is N#CC1CN(c2c(-c3cn[nH]c3)ncn3nc(N[C@H]4CCOC[C@H]4F)nc23)C1. The van der Waals surface area contributed by atoms with Crippen LogP contribution in [0.4, 0.5) is 16.0 Å². The molecule has 2 N–H and O–H groups in total. The zero-order valence-corrected chi connectivity index (χ0v) is 14.9. The van der Waals surface area contributed by atoms with Gasteiger partial charge >= 0.3 is 0 Å². The number of hydrogen-bond acceptors (Lipinski definition) is 8. The van der Waals surface area contributed by atoms with Crippen LogP contribution in [-0.2, 0) is 4.74 Å². The monoisotopic (exact) mass is 383 g/mol. The lowest BCUT2D eigenvalue weighted by Gasteiger charge is -2.37. The molecule has 5 heterocycles. The van der Waals surface area contributed by atoms with Gasteiger partial charge in [-0.05, 0) is 6.42 Å². The number of H-pyrrole nitrogens is 1. The minimum Gasteiger partial charge on any atom is -0.378 e. The van der Waals surface area contributed by atoms with Crippen molar-refractivity contribution >= 4 is 17.3 Å². The molecule has 0 bridgehead atoms. The van der Waals surface area contributed by atoms with Crippen molar-refractivity contribution in [2.75, 3.05) is 36.5 Å². The molecule has 2 atom stereocenters. The lowest BCUT2D eigenvalue weighted by Crippen LogP contribution is -2.46. The van der Waals surface area contributed by atoms with Crippen LogP contribution in [0.2, 0.25) is 0 Å². The maximum absolute atomic E-state index is 14.1. The van der Waals surface area contributed by atoms with Crippen LogP contribution in [0.1, 0.15) is 6.42 Å². The maximum Gasteiger partial charge on any atom is 0.243 e. The number of hydrogen-bond donors (Lipinski definition) is 2. The van der Waals surface area contributed by atoms with Crippen molar-refractivity contribution in [2.45, 2.75) is 18.6 Å². The molecule has 2 fully saturated rings. The van der Waals surface area contributed by atoms with Gasteiger partial charge in [0.1, 0.15) is 23.9 Å². The summed E-state index contributed by atoms with van der Waals surface area (Å²) in [6.07, 6.45) is 4.48. The van der Waals surface area contributed by atoms with Gasteiger partial charge in [-0.1, -0.05) is 0 Å². The first-order chi connectivity index (χ1) is 13.7. The first kappa shape index (κ1) is 16.9. The number of anilines is 2. The molecule has 0 aromatic carbocycles. The number of fused-ring (bicyclic) bond motifs is 1. The summed E-state index contributed by atoms with van der Waals surface area (Å²) in [7, 11) is 0. The Kier molecular flexibility index (Phi) is 4.05. The van der Waals surface area contributed by atoms with Crippen LogP contribution in [0.3, 0.4) is 0 Å². The number of nitrogens with one attached hydrogen (secondary N) is 2. The van der Waals surface area contributed by atoms with Crippen molar-refractivity contribution in [3.63, 3.8) is 0 Å². The number of nitrogens with zero attached hydrogens (tertiary/aromatic N) is 7. The Morgan fingerprint density at radius 2 is 2.29 bits per heavy atom. The predicted octanol–water partition coefficient (Wildman–Crippen LogP) is 1.01. The lowest BCUT2D eigenvalue weighted by atomic mass is 10.0. The molecule has 144 valence electrons. The van der Waals surface area contributed by atoms with Gasteiger partial charge in [0.2, 0.25) is 5.95 Å². The highest BCUT2D eigenvalue weighted by Gasteiger charge is 2.32. The van der Waals surface area contributed by atoms with Gasteiger partial charge in [0.15, 0.2) is 5.65 Å². The zero-order chi connectivity index (χ0) is 19.1. The highest BCUT2D eigenvalue weighted by Crippen LogP contribution is 2.36. The van der Waals surface area contributed by atoms with Crippen molar-refractivity contribution in [3.05, 3.63) is 18.7 Å². The van der Waals surface area contributed by atoms with Crippen molar-refractivity contribution in [1.82, 2.24) is 29.8 Å². The minimum absolute atomic E-state index is 0.0208. The second-order valence-corrected chi connectivity index (χ2v) is 6.99. The Balaban J connectivity index is 1.54. The van der Waals surface area contributed by atoms with E-state index in [4.69, 9.17) is 10.00 Å². The van der Waals surface area contributed by atoms with E-state index in [0.717, 1.165) is 11.3 Å². The summed E-state index contributed by atoms with van der Waals surface area (Å²) in [6.45, 7) is 1.79. The molecule has 0 aliphatic carbocycles. The van der Waals surface area contributed by atoms with Gasteiger partial charge in [0, 0.05) is 31.5 Å². The minimum atomic E-state index is -1.11. The largest absolute Gasteiger partial charge is 0.378 e. The van der Waals surface area contributed by atoms with E-state index in [0.29, 0.717) is 43.4 Å². The topological polar surface area (TPSA) is 120 Å². The molecule has 2 aliphatic heterocycles. The molecule has 28 heavy (non-hydrogen) atoms. The lowest BCUT2D eigenvalue weighted by molar-refractivity contribution is 0.0284. The van der Waals surface area contributed by atoms with E-state index < -0.39 is 6.17 Å². The summed E-state index contributed by atoms with van der Waals surface area (Å²) < 4.78 is 20.8. The second kappa shape index (κ2) is 6.72. The third kappa shape index (κ3) is 2.82. The Hall–Kier alpha value is -3.26. The van der Waals surface area contributed by atoms with E-state index in [1.165, 1.54) is 0 Å².